The zero-order valence-corrected chi connectivity index (χ0v) is 17.4. The molecule has 2 N–H and O–H groups in total. The summed E-state index contributed by atoms with van der Waals surface area (Å²) in [4.78, 5) is 18.1. The first kappa shape index (κ1) is 21.8. The van der Waals surface area contributed by atoms with Gasteiger partial charge < -0.3 is 15.0 Å². The molecule has 2 rings (SSSR count). The second kappa shape index (κ2) is 9.64. The molecule has 1 aliphatic rings. The molecule has 0 atom stereocenters. The number of thioether (sulfide) groups is 1. The van der Waals surface area contributed by atoms with Crippen LogP contribution in [0.25, 0.3) is 0 Å². The summed E-state index contributed by atoms with van der Waals surface area (Å²) in [7, 11) is 0. The number of nitriles is 1. The fourth-order valence-corrected chi connectivity index (χ4v) is 3.10. The van der Waals surface area contributed by atoms with Crippen molar-refractivity contribution in [3.05, 3.63) is 24.0 Å². The van der Waals surface area contributed by atoms with E-state index in [9.17, 15) is 9.18 Å². The number of anilines is 1. The lowest BCUT2D eigenvalue weighted by atomic mass is 10.0. The van der Waals surface area contributed by atoms with Crippen molar-refractivity contribution in [2.24, 2.45) is 4.99 Å². The molecule has 7 nitrogen and oxygen atoms in total. The Bertz CT molecular complexity index is 765. The van der Waals surface area contributed by atoms with Crippen molar-refractivity contribution in [3.8, 4) is 6.19 Å². The number of aliphatic imine (C=N–C) groups is 1. The molecule has 1 fully saturated rings. The number of carbonyl (C=O) groups is 1. The van der Waals surface area contributed by atoms with Crippen LogP contribution in [-0.2, 0) is 4.74 Å². The first-order valence-corrected chi connectivity index (χ1v) is 10.3. The summed E-state index contributed by atoms with van der Waals surface area (Å²) in [6.07, 6.45) is 4.67. The molecule has 0 saturated carbocycles. The highest BCUT2D eigenvalue weighted by atomic mass is 32.2. The van der Waals surface area contributed by atoms with E-state index in [4.69, 9.17) is 10.00 Å². The predicted molar refractivity (Wildman–Crippen MR) is 110 cm³/mol. The Kier molecular flexibility index (Phi) is 7.52. The molecule has 9 heteroatoms. The van der Waals surface area contributed by atoms with Crippen LogP contribution in [-0.4, -0.2) is 47.1 Å². The van der Waals surface area contributed by atoms with Crippen LogP contribution in [0.1, 0.15) is 33.6 Å². The molecule has 1 amide bonds. The Labute approximate surface area is 169 Å². The molecule has 0 aromatic heterocycles. The number of ether oxygens (including phenoxy) is 1. The van der Waals surface area contributed by atoms with Gasteiger partial charge in [0.15, 0.2) is 17.2 Å². The number of amidine groups is 1. The highest BCUT2D eigenvalue weighted by Crippen LogP contribution is 2.31. The number of hydrogen-bond donors (Lipinski definition) is 2. The van der Waals surface area contributed by atoms with Gasteiger partial charge in [-0.3, -0.25) is 5.32 Å². The van der Waals surface area contributed by atoms with Crippen molar-refractivity contribution in [2.45, 2.75) is 45.3 Å². The van der Waals surface area contributed by atoms with E-state index in [1.807, 2.05) is 20.8 Å². The molecule has 0 bridgehead atoms. The molecule has 1 aliphatic heterocycles. The van der Waals surface area contributed by atoms with Gasteiger partial charge in [-0.25, -0.2) is 14.2 Å². The maximum atomic E-state index is 14.3. The van der Waals surface area contributed by atoms with E-state index in [0.29, 0.717) is 36.8 Å². The van der Waals surface area contributed by atoms with Crippen LogP contribution in [0.4, 0.5) is 20.6 Å². The lowest BCUT2D eigenvalue weighted by Gasteiger charge is -2.34. The van der Waals surface area contributed by atoms with Crippen LogP contribution in [0.2, 0.25) is 0 Å². The van der Waals surface area contributed by atoms with Crippen LogP contribution in [0.3, 0.4) is 0 Å². The minimum absolute atomic E-state index is 0.0797. The number of benzene rings is 1. The Morgan fingerprint density at radius 2 is 2.07 bits per heavy atom. The summed E-state index contributed by atoms with van der Waals surface area (Å²) in [6, 6.07) is 4.78. The van der Waals surface area contributed by atoms with Crippen molar-refractivity contribution in [1.29, 1.82) is 5.26 Å². The van der Waals surface area contributed by atoms with Gasteiger partial charge in [-0.15, -0.1) is 0 Å². The minimum atomic E-state index is -0.521. The summed E-state index contributed by atoms with van der Waals surface area (Å²) in [5.41, 5.74) is 0.193. The molecule has 0 aliphatic carbocycles. The zero-order chi connectivity index (χ0) is 20.7. The van der Waals surface area contributed by atoms with E-state index in [1.165, 1.54) is 17.8 Å². The van der Waals surface area contributed by atoms with E-state index in [0.717, 1.165) is 0 Å². The first-order chi connectivity index (χ1) is 13.2. The number of rotatable bonds is 3. The summed E-state index contributed by atoms with van der Waals surface area (Å²) < 4.78 is 19.7. The topological polar surface area (TPSA) is 89.8 Å². The quantitative estimate of drug-likeness (QED) is 0.340. The van der Waals surface area contributed by atoms with Crippen LogP contribution in [0.5, 0.6) is 0 Å². The Hall–Kier alpha value is -2.47. The molecule has 0 spiro atoms. The second-order valence-corrected chi connectivity index (χ2v) is 8.17. The van der Waals surface area contributed by atoms with Gasteiger partial charge >= 0.3 is 6.09 Å². The fraction of sp³-hybridized carbons (Fsp3) is 0.526. The molecule has 0 radical (unpaired) electrons. The van der Waals surface area contributed by atoms with Gasteiger partial charge in [-0.1, -0.05) is 17.8 Å². The number of amides is 1. The third-order valence-corrected chi connectivity index (χ3v) is 4.64. The first-order valence-electron chi connectivity index (χ1n) is 9.04. The Balaban J connectivity index is 2.05. The van der Waals surface area contributed by atoms with Crippen molar-refractivity contribution in [3.63, 3.8) is 0 Å². The van der Waals surface area contributed by atoms with Gasteiger partial charge in [0.05, 0.1) is 5.69 Å². The highest BCUT2D eigenvalue weighted by Gasteiger charge is 2.27. The predicted octanol–water partition coefficient (Wildman–Crippen LogP) is 4.06. The molecule has 0 unspecified atom stereocenters. The van der Waals surface area contributed by atoms with Crippen LogP contribution in [0, 0.1) is 17.3 Å². The smallest absolute Gasteiger partial charge is 0.410 e. The lowest BCUT2D eigenvalue weighted by molar-refractivity contribution is 0.0210. The van der Waals surface area contributed by atoms with Gasteiger partial charge in [0.25, 0.3) is 0 Å². The number of piperidine rings is 1. The van der Waals surface area contributed by atoms with Crippen LogP contribution < -0.4 is 10.6 Å². The monoisotopic (exact) mass is 407 g/mol. The number of likely N-dealkylation sites (tertiary alicyclic amines) is 1. The number of halogens is 1. The fourth-order valence-electron chi connectivity index (χ4n) is 2.77. The summed E-state index contributed by atoms with van der Waals surface area (Å²) in [5, 5.41) is 14.9. The maximum Gasteiger partial charge on any atom is 0.410 e. The van der Waals surface area contributed by atoms with E-state index < -0.39 is 11.4 Å². The van der Waals surface area contributed by atoms with Gasteiger partial charge in [0.2, 0.25) is 0 Å². The van der Waals surface area contributed by atoms with Crippen molar-refractivity contribution >= 4 is 34.4 Å². The Morgan fingerprint density at radius 3 is 2.64 bits per heavy atom. The van der Waals surface area contributed by atoms with Crippen molar-refractivity contribution in [2.75, 3.05) is 24.7 Å². The number of carbonyl (C=O) groups excluding carboxylic acids is 1. The second-order valence-electron chi connectivity index (χ2n) is 7.38. The van der Waals surface area contributed by atoms with Gasteiger partial charge in [-0.05, 0) is 52.0 Å². The van der Waals surface area contributed by atoms with E-state index in [1.54, 1.807) is 29.5 Å². The summed E-state index contributed by atoms with van der Waals surface area (Å²) in [6.45, 7) is 6.65. The number of para-hydroxylation sites is 1. The average Bonchev–Trinajstić information content (AvgIpc) is 2.63. The molecule has 28 heavy (non-hydrogen) atoms. The van der Waals surface area contributed by atoms with Gasteiger partial charge in [0, 0.05) is 19.1 Å². The minimum Gasteiger partial charge on any atom is -0.444 e. The molecule has 152 valence electrons. The molecule has 1 heterocycles. The summed E-state index contributed by atoms with van der Waals surface area (Å²) >= 11 is 1.22. The van der Waals surface area contributed by atoms with E-state index in [-0.39, 0.29) is 17.8 Å². The molecular weight excluding hydrogens is 381 g/mol. The standard InChI is InChI=1S/C19H26FN5O2S/c1-19(2,3)27-18(26)25-10-8-13(9-11-25)23-15-7-5-6-14(20)16(15)24-17(28-4)22-12-21/h5-7,13,23H,8-11H2,1-4H3,(H,22,24). The molecule has 1 saturated heterocycles. The largest absolute Gasteiger partial charge is 0.444 e. The molecule has 1 aromatic carbocycles. The van der Waals surface area contributed by atoms with E-state index in [2.05, 4.69) is 15.6 Å². The maximum absolute atomic E-state index is 14.3. The van der Waals surface area contributed by atoms with Gasteiger partial charge in [0.1, 0.15) is 11.3 Å². The normalized spacial score (nSPS) is 15.7. The molecular formula is C19H26FN5O2S. The third-order valence-electron chi connectivity index (χ3n) is 4.06. The third kappa shape index (κ3) is 6.30. The number of hydrogen-bond acceptors (Lipinski definition) is 6. The Morgan fingerprint density at radius 1 is 1.39 bits per heavy atom. The van der Waals surface area contributed by atoms with Gasteiger partial charge in [-0.2, -0.15) is 5.26 Å². The summed E-state index contributed by atoms with van der Waals surface area (Å²) in [5.74, 6) is -0.470. The van der Waals surface area contributed by atoms with Crippen molar-refractivity contribution < 1.29 is 13.9 Å². The van der Waals surface area contributed by atoms with Crippen LogP contribution >= 0.6 is 11.8 Å². The van der Waals surface area contributed by atoms with Crippen molar-refractivity contribution in [1.82, 2.24) is 10.2 Å². The average molecular weight is 408 g/mol. The SMILES string of the molecule is CSC(=Nc1c(F)cccc1NC1CCN(C(=O)OC(C)(C)C)CC1)NC#N. The highest BCUT2D eigenvalue weighted by molar-refractivity contribution is 8.13. The zero-order valence-electron chi connectivity index (χ0n) is 16.6. The van der Waals surface area contributed by atoms with Crippen LogP contribution in [0.15, 0.2) is 23.2 Å². The number of nitrogens with one attached hydrogen (secondary N) is 2. The number of nitrogens with zero attached hydrogens (tertiary/aromatic N) is 3. The lowest BCUT2D eigenvalue weighted by Crippen LogP contribution is -2.44. The van der Waals surface area contributed by atoms with E-state index >= 15 is 0 Å². The molecule has 1 aromatic rings.